The van der Waals surface area contributed by atoms with Gasteiger partial charge in [0.05, 0.1) is 6.42 Å². The Morgan fingerprint density at radius 3 is 1.33 bits per heavy atom. The van der Waals surface area contributed by atoms with E-state index in [4.69, 9.17) is 23.7 Å². The lowest BCUT2D eigenvalue weighted by Gasteiger charge is -2.26. The first-order valence-corrected chi connectivity index (χ1v) is 30.2. The van der Waals surface area contributed by atoms with E-state index >= 15 is 0 Å². The van der Waals surface area contributed by atoms with Gasteiger partial charge in [0.1, 0.15) is 37.6 Å². The van der Waals surface area contributed by atoms with Crippen molar-refractivity contribution < 1.29 is 47.7 Å². The lowest BCUT2D eigenvalue weighted by Crippen LogP contribution is -2.41. The standard InChI is InChI=1S/C56H98N2O10S2/c1-6-10-12-14-16-18-20-22-24-26-28-30-32-34-51(59)66-47-56(5,48-67-52(60)35-33-31-29-27-25-23-21-19-17-15-13-11-7-2)54(62)68-50-38-36-49(37-39-50)46-53(61)64-42-44-69-70-45-43-65-55(63)57-40-41-58(8-3)9-4/h36-39H,6-35,40-48H2,1-5H3,(H,57,63). The van der Waals surface area contributed by atoms with Crippen LogP contribution in [-0.2, 0) is 44.5 Å². The van der Waals surface area contributed by atoms with Gasteiger partial charge in [0, 0.05) is 37.4 Å². The largest absolute Gasteiger partial charge is 0.465 e. The molecule has 0 aromatic heterocycles. The van der Waals surface area contributed by atoms with Crippen LogP contribution in [0.3, 0.4) is 0 Å². The molecular weight excluding hydrogens is 925 g/mol. The summed E-state index contributed by atoms with van der Waals surface area (Å²) in [6, 6.07) is 6.58. The molecule has 0 radical (unpaired) electrons. The monoisotopic (exact) mass is 1020 g/mol. The zero-order valence-corrected chi connectivity index (χ0v) is 46.4. The molecule has 1 aromatic carbocycles. The van der Waals surface area contributed by atoms with Crippen LogP contribution in [0.25, 0.3) is 0 Å². The highest BCUT2D eigenvalue weighted by Gasteiger charge is 2.39. The molecule has 0 aliphatic heterocycles. The van der Waals surface area contributed by atoms with E-state index in [-0.39, 0.29) is 62.7 Å². The van der Waals surface area contributed by atoms with Gasteiger partial charge in [-0.2, -0.15) is 0 Å². The van der Waals surface area contributed by atoms with E-state index in [2.05, 4.69) is 37.9 Å². The van der Waals surface area contributed by atoms with Gasteiger partial charge in [0.15, 0.2) is 0 Å². The van der Waals surface area contributed by atoms with E-state index in [0.29, 0.717) is 30.2 Å². The molecule has 1 aromatic rings. The zero-order valence-electron chi connectivity index (χ0n) is 44.7. The predicted octanol–water partition coefficient (Wildman–Crippen LogP) is 14.2. The van der Waals surface area contributed by atoms with E-state index in [1.807, 2.05) is 0 Å². The summed E-state index contributed by atoms with van der Waals surface area (Å²) < 4.78 is 27.7. The van der Waals surface area contributed by atoms with Crippen molar-refractivity contribution >= 4 is 51.6 Å². The number of alkyl carbamates (subject to hydrolysis) is 1. The first-order chi connectivity index (χ1) is 34.1. The third-order valence-electron chi connectivity index (χ3n) is 12.6. The number of esters is 4. The van der Waals surface area contributed by atoms with Gasteiger partial charge in [-0.25, -0.2) is 4.79 Å². The summed E-state index contributed by atoms with van der Waals surface area (Å²) >= 11 is 0. The Bertz CT molecular complexity index is 1420. The molecule has 0 bridgehead atoms. The number of nitrogens with zero attached hydrogens (tertiary/aromatic N) is 1. The van der Waals surface area contributed by atoms with E-state index in [9.17, 15) is 24.0 Å². The number of benzene rings is 1. The maximum absolute atomic E-state index is 13.7. The number of hydrogen-bond donors (Lipinski definition) is 1. The highest BCUT2D eigenvalue weighted by Crippen LogP contribution is 2.25. The maximum atomic E-state index is 13.7. The van der Waals surface area contributed by atoms with Gasteiger partial charge in [0.25, 0.3) is 0 Å². The molecule has 0 atom stereocenters. The van der Waals surface area contributed by atoms with Crippen LogP contribution in [0, 0.1) is 5.41 Å². The number of carbonyl (C=O) groups excluding carboxylic acids is 5. The third-order valence-corrected chi connectivity index (χ3v) is 14.9. The summed E-state index contributed by atoms with van der Waals surface area (Å²) in [5.74, 6) is -0.382. The fraction of sp³-hybridized carbons (Fsp3) is 0.804. The molecule has 0 saturated heterocycles. The van der Waals surface area contributed by atoms with Crippen LogP contribution in [0.2, 0.25) is 0 Å². The molecule has 0 aliphatic rings. The number of ether oxygens (including phenoxy) is 5. The topological polar surface area (TPSA) is 147 Å². The molecule has 1 N–H and O–H groups in total. The Labute approximate surface area is 433 Å². The number of rotatable bonds is 48. The van der Waals surface area contributed by atoms with Crippen molar-refractivity contribution in [2.75, 3.05) is 64.1 Å². The lowest BCUT2D eigenvalue weighted by molar-refractivity contribution is -0.164. The number of likely N-dealkylation sites (N-methyl/N-ethyl adjacent to an activating group) is 1. The fourth-order valence-electron chi connectivity index (χ4n) is 7.86. The number of carbonyl (C=O) groups is 5. The number of nitrogens with one attached hydrogen (secondary N) is 1. The quantitative estimate of drug-likeness (QED) is 0.0217. The molecular formula is C56H98N2O10S2. The van der Waals surface area contributed by atoms with Crippen LogP contribution < -0.4 is 10.1 Å². The van der Waals surface area contributed by atoms with Crippen molar-refractivity contribution in [2.45, 2.75) is 221 Å². The van der Waals surface area contributed by atoms with Crippen molar-refractivity contribution in [1.29, 1.82) is 0 Å². The van der Waals surface area contributed by atoms with Crippen LogP contribution in [0.4, 0.5) is 4.79 Å². The summed E-state index contributed by atoms with van der Waals surface area (Å²) in [5, 5.41) is 2.76. The van der Waals surface area contributed by atoms with Crippen molar-refractivity contribution in [2.24, 2.45) is 5.41 Å². The number of hydrogen-bond acceptors (Lipinski definition) is 13. The molecule has 0 unspecified atom stereocenters. The Kier molecular flexibility index (Phi) is 42.6. The smallest absolute Gasteiger partial charge is 0.407 e. The fourth-order valence-corrected chi connectivity index (χ4v) is 9.52. The van der Waals surface area contributed by atoms with Gasteiger partial charge in [-0.15, -0.1) is 0 Å². The second-order valence-corrected chi connectivity index (χ2v) is 21.7. The van der Waals surface area contributed by atoms with Crippen LogP contribution in [0.1, 0.15) is 220 Å². The van der Waals surface area contributed by atoms with Crippen molar-refractivity contribution in [3.63, 3.8) is 0 Å². The van der Waals surface area contributed by atoms with E-state index < -0.39 is 17.5 Å². The lowest BCUT2D eigenvalue weighted by atomic mass is 9.93. The summed E-state index contributed by atoms with van der Waals surface area (Å²) in [4.78, 5) is 66.1. The molecule has 0 fully saturated rings. The highest BCUT2D eigenvalue weighted by atomic mass is 33.1. The van der Waals surface area contributed by atoms with E-state index in [0.717, 1.165) is 58.2 Å². The van der Waals surface area contributed by atoms with Crippen LogP contribution in [0.15, 0.2) is 24.3 Å². The Morgan fingerprint density at radius 2 is 0.914 bits per heavy atom. The molecule has 70 heavy (non-hydrogen) atoms. The van der Waals surface area contributed by atoms with Gasteiger partial charge in [-0.3, -0.25) is 19.2 Å². The molecule has 14 heteroatoms. The Balaban J connectivity index is 2.53. The summed E-state index contributed by atoms with van der Waals surface area (Å²) in [6.07, 6.45) is 31.6. The molecule has 1 amide bonds. The molecule has 1 rings (SSSR count). The van der Waals surface area contributed by atoms with Gasteiger partial charge in [0.2, 0.25) is 0 Å². The SMILES string of the molecule is CCCCCCCCCCCCCCCC(=O)OCC(C)(COC(=O)CCCCCCCCCCCCCCC)C(=O)Oc1ccc(CC(=O)OCCSSCCOC(=O)NCCN(CC)CC)cc1. The van der Waals surface area contributed by atoms with Gasteiger partial charge in [-0.05, 0) is 50.6 Å². The van der Waals surface area contributed by atoms with Crippen LogP contribution >= 0.6 is 21.6 Å². The maximum Gasteiger partial charge on any atom is 0.407 e. The minimum Gasteiger partial charge on any atom is -0.465 e. The van der Waals surface area contributed by atoms with Crippen LogP contribution in [-0.4, -0.2) is 99.0 Å². The predicted molar refractivity (Wildman–Crippen MR) is 289 cm³/mol. The molecule has 12 nitrogen and oxygen atoms in total. The highest BCUT2D eigenvalue weighted by molar-refractivity contribution is 8.76. The van der Waals surface area contributed by atoms with Gasteiger partial charge < -0.3 is 33.9 Å². The summed E-state index contributed by atoms with van der Waals surface area (Å²) in [5.41, 5.74) is -0.741. The minimum atomic E-state index is -1.43. The Morgan fingerprint density at radius 1 is 0.514 bits per heavy atom. The Hall–Kier alpha value is -2.97. The van der Waals surface area contributed by atoms with Crippen molar-refractivity contribution in [3.8, 4) is 5.75 Å². The minimum absolute atomic E-state index is 0.0470. The third kappa shape index (κ3) is 37.8. The first kappa shape index (κ1) is 65.0. The van der Waals surface area contributed by atoms with Gasteiger partial charge in [-0.1, -0.05) is 216 Å². The summed E-state index contributed by atoms with van der Waals surface area (Å²) in [6.45, 7) is 13.4. The molecule has 0 saturated carbocycles. The van der Waals surface area contributed by atoms with Gasteiger partial charge >= 0.3 is 30.0 Å². The van der Waals surface area contributed by atoms with Crippen molar-refractivity contribution in [1.82, 2.24) is 10.2 Å². The number of amides is 1. The average molecular weight is 1020 g/mol. The summed E-state index contributed by atoms with van der Waals surface area (Å²) in [7, 11) is 3.08. The second kappa shape index (κ2) is 45.9. The molecule has 0 spiro atoms. The normalized spacial score (nSPS) is 11.4. The second-order valence-electron chi connectivity index (χ2n) is 19.0. The molecule has 404 valence electrons. The average Bonchev–Trinajstić information content (AvgIpc) is 3.35. The molecule has 0 heterocycles. The van der Waals surface area contributed by atoms with Crippen LogP contribution in [0.5, 0.6) is 5.75 Å². The number of unbranched alkanes of at least 4 members (excludes halogenated alkanes) is 24. The zero-order chi connectivity index (χ0) is 51.2. The first-order valence-electron chi connectivity index (χ1n) is 27.7. The van der Waals surface area contributed by atoms with Crippen molar-refractivity contribution in [3.05, 3.63) is 29.8 Å². The molecule has 0 aliphatic carbocycles. The van der Waals surface area contributed by atoms with E-state index in [1.165, 1.54) is 139 Å². The van der Waals surface area contributed by atoms with E-state index in [1.54, 1.807) is 42.0 Å².